The minimum Gasteiger partial charge on any atom is -0.461 e. The number of carbonyl (C=O) groups is 2. The molecule has 1 N–H and O–H groups in total. The lowest BCUT2D eigenvalue weighted by atomic mass is 9.96. The van der Waals surface area contributed by atoms with Crippen molar-refractivity contribution < 1.29 is 19.4 Å². The lowest BCUT2D eigenvalue weighted by molar-refractivity contribution is -0.166. The van der Waals surface area contributed by atoms with Crippen LogP contribution in [0.3, 0.4) is 0 Å². The Kier molecular flexibility index (Phi) is 5.65. The molecule has 0 fully saturated rings. The van der Waals surface area contributed by atoms with Gasteiger partial charge in [-0.1, -0.05) is 36.4 Å². The van der Waals surface area contributed by atoms with Crippen molar-refractivity contribution in [1.82, 2.24) is 0 Å². The summed E-state index contributed by atoms with van der Waals surface area (Å²) < 4.78 is 5.01. The van der Waals surface area contributed by atoms with E-state index in [-0.39, 0.29) is 18.3 Å². The predicted molar refractivity (Wildman–Crippen MR) is 77.0 cm³/mol. The molecule has 20 heavy (non-hydrogen) atoms. The molecule has 0 amide bonds. The summed E-state index contributed by atoms with van der Waals surface area (Å²) in [6.07, 6.45) is 2.26. The maximum absolute atomic E-state index is 12.0. The van der Waals surface area contributed by atoms with Crippen LogP contribution in [-0.4, -0.2) is 28.6 Å². The second kappa shape index (κ2) is 7.01. The van der Waals surface area contributed by atoms with Crippen LogP contribution in [0, 0.1) is 0 Å². The van der Waals surface area contributed by atoms with Gasteiger partial charge in [0.2, 0.25) is 0 Å². The molecule has 1 aromatic carbocycles. The number of carbonyl (C=O) groups excluding carboxylic acids is 2. The molecule has 108 valence electrons. The Labute approximate surface area is 119 Å². The van der Waals surface area contributed by atoms with Crippen molar-refractivity contribution in [2.45, 2.75) is 38.9 Å². The van der Waals surface area contributed by atoms with Gasteiger partial charge in [-0.25, -0.2) is 4.79 Å². The van der Waals surface area contributed by atoms with Gasteiger partial charge in [0.05, 0.1) is 6.10 Å². The molecule has 0 heterocycles. The predicted octanol–water partition coefficient (Wildman–Crippen LogP) is 2.36. The smallest absolute Gasteiger partial charge is 0.342 e. The van der Waals surface area contributed by atoms with E-state index >= 15 is 0 Å². The van der Waals surface area contributed by atoms with Gasteiger partial charge in [-0.2, -0.15) is 0 Å². The third-order valence-corrected chi connectivity index (χ3v) is 2.57. The molecule has 1 rings (SSSR count). The molecule has 0 radical (unpaired) electrons. The Morgan fingerprint density at radius 2 is 1.90 bits per heavy atom. The molecule has 4 nitrogen and oxygen atoms in total. The zero-order valence-corrected chi connectivity index (χ0v) is 12.0. The highest BCUT2D eigenvalue weighted by Gasteiger charge is 2.36. The first-order valence-corrected chi connectivity index (χ1v) is 6.50. The number of aliphatic hydroxyl groups is 1. The summed E-state index contributed by atoms with van der Waals surface area (Å²) in [7, 11) is 0. The standard InChI is InChI=1S/C16H20O4/c1-12(2)20-15(18)16(19,11-13(3)17)10-9-14-7-5-4-6-8-14/h4-10,12,19H,11H2,1-3H3/b10-9+/t16-/m1/s1. The van der Waals surface area contributed by atoms with Crippen LogP contribution in [0.15, 0.2) is 36.4 Å². The molecule has 0 spiro atoms. The van der Waals surface area contributed by atoms with Gasteiger partial charge in [-0.15, -0.1) is 0 Å². The average molecular weight is 276 g/mol. The Hall–Kier alpha value is -1.94. The lowest BCUT2D eigenvalue weighted by Crippen LogP contribution is -2.41. The molecule has 0 aliphatic rings. The summed E-state index contributed by atoms with van der Waals surface area (Å²) >= 11 is 0. The number of hydrogen-bond acceptors (Lipinski definition) is 4. The van der Waals surface area contributed by atoms with Crippen LogP contribution >= 0.6 is 0 Å². The van der Waals surface area contributed by atoms with Crippen LogP contribution in [-0.2, 0) is 14.3 Å². The van der Waals surface area contributed by atoms with Crippen molar-refractivity contribution in [3.05, 3.63) is 42.0 Å². The highest BCUT2D eigenvalue weighted by atomic mass is 16.6. The minimum atomic E-state index is -1.92. The number of hydrogen-bond donors (Lipinski definition) is 1. The summed E-state index contributed by atoms with van der Waals surface area (Å²) in [6.45, 7) is 4.70. The summed E-state index contributed by atoms with van der Waals surface area (Å²) in [5.74, 6) is -1.10. The second-order valence-electron chi connectivity index (χ2n) is 5.00. The fraction of sp³-hybridized carbons (Fsp3) is 0.375. The number of esters is 1. The van der Waals surface area contributed by atoms with Gasteiger partial charge in [0.25, 0.3) is 0 Å². The molecule has 1 aromatic rings. The Bertz CT molecular complexity index is 490. The molecule has 0 saturated carbocycles. The van der Waals surface area contributed by atoms with Crippen LogP contribution in [0.2, 0.25) is 0 Å². The molecule has 0 aliphatic carbocycles. The third kappa shape index (κ3) is 4.97. The monoisotopic (exact) mass is 276 g/mol. The van der Waals surface area contributed by atoms with Crippen molar-refractivity contribution in [3.8, 4) is 0 Å². The molecule has 0 aliphatic heterocycles. The van der Waals surface area contributed by atoms with Gasteiger partial charge in [0, 0.05) is 6.42 Å². The number of ketones is 1. The first-order valence-electron chi connectivity index (χ1n) is 6.50. The van der Waals surface area contributed by atoms with Crippen molar-refractivity contribution >= 4 is 17.8 Å². The van der Waals surface area contributed by atoms with Gasteiger partial charge >= 0.3 is 5.97 Å². The van der Waals surface area contributed by atoms with Crippen LogP contribution < -0.4 is 0 Å². The van der Waals surface area contributed by atoms with E-state index in [1.807, 2.05) is 30.3 Å². The molecule has 0 unspecified atom stereocenters. The Balaban J connectivity index is 2.96. The van der Waals surface area contributed by atoms with Gasteiger partial charge < -0.3 is 9.84 Å². The van der Waals surface area contributed by atoms with Crippen molar-refractivity contribution in [2.75, 3.05) is 0 Å². The quantitative estimate of drug-likeness (QED) is 0.810. The highest BCUT2D eigenvalue weighted by molar-refractivity contribution is 5.90. The highest BCUT2D eigenvalue weighted by Crippen LogP contribution is 2.18. The van der Waals surface area contributed by atoms with Crippen LogP contribution in [0.1, 0.15) is 32.8 Å². The summed E-state index contributed by atoms with van der Waals surface area (Å²) in [5.41, 5.74) is -1.10. The van der Waals surface area contributed by atoms with E-state index in [2.05, 4.69) is 0 Å². The summed E-state index contributed by atoms with van der Waals surface area (Å²) in [6, 6.07) is 9.22. The number of rotatable bonds is 6. The Morgan fingerprint density at radius 3 is 2.40 bits per heavy atom. The lowest BCUT2D eigenvalue weighted by Gasteiger charge is -2.22. The van der Waals surface area contributed by atoms with E-state index in [0.717, 1.165) is 5.56 Å². The number of benzene rings is 1. The fourth-order valence-electron chi connectivity index (χ4n) is 1.69. The maximum Gasteiger partial charge on any atom is 0.342 e. The van der Waals surface area contributed by atoms with Gasteiger partial charge in [-0.3, -0.25) is 4.79 Å². The summed E-state index contributed by atoms with van der Waals surface area (Å²) in [5, 5.41) is 10.4. The van der Waals surface area contributed by atoms with E-state index in [9.17, 15) is 14.7 Å². The Morgan fingerprint density at radius 1 is 1.30 bits per heavy atom. The molecule has 0 saturated heterocycles. The fourth-order valence-corrected chi connectivity index (χ4v) is 1.69. The van der Waals surface area contributed by atoms with Crippen LogP contribution in [0.5, 0.6) is 0 Å². The molecule has 4 heteroatoms. The topological polar surface area (TPSA) is 63.6 Å². The van der Waals surface area contributed by atoms with Gasteiger partial charge in [-0.05, 0) is 32.4 Å². The van der Waals surface area contributed by atoms with Crippen molar-refractivity contribution in [2.24, 2.45) is 0 Å². The zero-order chi connectivity index (χ0) is 15.2. The number of ether oxygens (including phenoxy) is 1. The van der Waals surface area contributed by atoms with E-state index in [0.29, 0.717) is 0 Å². The van der Waals surface area contributed by atoms with Crippen molar-refractivity contribution in [1.29, 1.82) is 0 Å². The maximum atomic E-state index is 12.0. The zero-order valence-electron chi connectivity index (χ0n) is 12.0. The van der Waals surface area contributed by atoms with Crippen molar-refractivity contribution in [3.63, 3.8) is 0 Å². The largest absolute Gasteiger partial charge is 0.461 e. The molecule has 0 bridgehead atoms. The average Bonchev–Trinajstić information content (AvgIpc) is 2.36. The van der Waals surface area contributed by atoms with E-state index in [1.54, 1.807) is 19.9 Å². The third-order valence-electron chi connectivity index (χ3n) is 2.57. The van der Waals surface area contributed by atoms with Gasteiger partial charge in [0.1, 0.15) is 5.78 Å². The van der Waals surface area contributed by atoms with Crippen LogP contribution in [0.25, 0.3) is 6.08 Å². The molecule has 1 atom stereocenters. The van der Waals surface area contributed by atoms with E-state index in [1.165, 1.54) is 13.0 Å². The first-order chi connectivity index (χ1) is 9.33. The first kappa shape index (κ1) is 16.1. The van der Waals surface area contributed by atoms with Crippen LogP contribution in [0.4, 0.5) is 0 Å². The minimum absolute atomic E-state index is 0.286. The summed E-state index contributed by atoms with van der Waals surface area (Å²) in [4.78, 5) is 23.2. The normalized spacial score (nSPS) is 14.2. The van der Waals surface area contributed by atoms with E-state index < -0.39 is 11.6 Å². The molecular weight excluding hydrogens is 256 g/mol. The second-order valence-corrected chi connectivity index (χ2v) is 5.00. The van der Waals surface area contributed by atoms with Gasteiger partial charge in [0.15, 0.2) is 5.60 Å². The number of Topliss-reactive ketones (excluding diaryl/α,β-unsaturated/α-hetero) is 1. The van der Waals surface area contributed by atoms with E-state index in [4.69, 9.17) is 4.74 Å². The molecule has 0 aromatic heterocycles. The molecular formula is C16H20O4. The SMILES string of the molecule is CC(=O)C[C@](O)(/C=C/c1ccccc1)C(=O)OC(C)C.